The highest BCUT2D eigenvalue weighted by Crippen LogP contribution is 2.27. The second kappa shape index (κ2) is 7.40. The fraction of sp³-hybridized carbons (Fsp3) is 0.538. The Bertz CT molecular complexity index is 545. The number of methoxy groups -OCH3 is 1. The van der Waals surface area contributed by atoms with Crippen molar-refractivity contribution in [2.24, 2.45) is 5.92 Å². The van der Waals surface area contributed by atoms with Gasteiger partial charge in [-0.3, -0.25) is 0 Å². The van der Waals surface area contributed by atoms with Crippen molar-refractivity contribution in [2.75, 3.05) is 13.7 Å². The van der Waals surface area contributed by atoms with E-state index in [0.29, 0.717) is 22.6 Å². The molecule has 1 aromatic carbocycles. The molecule has 5 nitrogen and oxygen atoms in total. The van der Waals surface area contributed by atoms with Crippen molar-refractivity contribution in [3.8, 4) is 5.75 Å². The van der Waals surface area contributed by atoms with Crippen LogP contribution in [-0.4, -0.2) is 33.3 Å². The van der Waals surface area contributed by atoms with Crippen molar-refractivity contribution in [3.63, 3.8) is 0 Å². The lowest BCUT2D eigenvalue weighted by Crippen LogP contribution is -2.32. The van der Waals surface area contributed by atoms with Gasteiger partial charge in [0.15, 0.2) is 0 Å². The largest absolute Gasteiger partial charge is 0.496 e. The lowest BCUT2D eigenvalue weighted by Gasteiger charge is -2.14. The molecule has 0 aliphatic rings. The highest BCUT2D eigenvalue weighted by molar-refractivity contribution is 9.10. The third-order valence-electron chi connectivity index (χ3n) is 2.69. The Morgan fingerprint density at radius 2 is 2.05 bits per heavy atom. The molecule has 7 heteroatoms. The van der Waals surface area contributed by atoms with E-state index < -0.39 is 16.1 Å². The average molecular weight is 366 g/mol. The van der Waals surface area contributed by atoms with Gasteiger partial charge in [0.05, 0.1) is 22.6 Å². The molecule has 0 radical (unpaired) electrons. The number of hydrogen-bond donors (Lipinski definition) is 2. The number of rotatable bonds is 7. The van der Waals surface area contributed by atoms with Gasteiger partial charge in [0.25, 0.3) is 0 Å². The molecule has 0 aromatic heterocycles. The van der Waals surface area contributed by atoms with Crippen molar-refractivity contribution in [3.05, 3.63) is 22.7 Å². The molecule has 0 saturated heterocycles. The summed E-state index contributed by atoms with van der Waals surface area (Å²) in [5, 5.41) is 9.71. The molecule has 2 N–H and O–H groups in total. The van der Waals surface area contributed by atoms with Crippen LogP contribution in [-0.2, 0) is 10.0 Å². The first-order valence-corrected chi connectivity index (χ1v) is 8.55. The molecule has 0 spiro atoms. The van der Waals surface area contributed by atoms with E-state index in [-0.39, 0.29) is 11.4 Å². The molecule has 0 saturated carbocycles. The maximum Gasteiger partial charge on any atom is 0.240 e. The van der Waals surface area contributed by atoms with Crippen LogP contribution in [0.15, 0.2) is 27.6 Å². The van der Waals surface area contributed by atoms with Gasteiger partial charge in [0.2, 0.25) is 10.0 Å². The summed E-state index contributed by atoms with van der Waals surface area (Å²) in [6, 6.07) is 4.50. The van der Waals surface area contributed by atoms with Crippen molar-refractivity contribution in [1.29, 1.82) is 0 Å². The molecular weight excluding hydrogens is 346 g/mol. The van der Waals surface area contributed by atoms with Crippen LogP contribution in [0.4, 0.5) is 0 Å². The van der Waals surface area contributed by atoms with Crippen molar-refractivity contribution < 1.29 is 18.3 Å². The fourth-order valence-corrected chi connectivity index (χ4v) is 3.52. The van der Waals surface area contributed by atoms with E-state index in [1.165, 1.54) is 19.2 Å². The van der Waals surface area contributed by atoms with E-state index in [9.17, 15) is 13.5 Å². The van der Waals surface area contributed by atoms with Gasteiger partial charge in [-0.25, -0.2) is 13.1 Å². The molecule has 1 unspecified atom stereocenters. The Morgan fingerprint density at radius 1 is 1.40 bits per heavy atom. The third-order valence-corrected chi connectivity index (χ3v) is 4.73. The molecule has 0 heterocycles. The maximum atomic E-state index is 12.1. The summed E-state index contributed by atoms with van der Waals surface area (Å²) in [5.41, 5.74) is 0. The Hall–Kier alpha value is -0.630. The average Bonchev–Trinajstić information content (AvgIpc) is 2.35. The number of aliphatic hydroxyl groups excluding tert-OH is 1. The summed E-state index contributed by atoms with van der Waals surface area (Å²) < 4.78 is 32.2. The highest BCUT2D eigenvalue weighted by atomic mass is 79.9. The Labute approximate surface area is 128 Å². The number of sulfonamides is 1. The van der Waals surface area contributed by atoms with Crippen LogP contribution in [0.25, 0.3) is 0 Å². The van der Waals surface area contributed by atoms with Crippen LogP contribution in [0.2, 0.25) is 0 Å². The summed E-state index contributed by atoms with van der Waals surface area (Å²) in [5.74, 6) is 0.869. The minimum absolute atomic E-state index is 0.00413. The summed E-state index contributed by atoms with van der Waals surface area (Å²) in [4.78, 5) is 0.127. The zero-order valence-corrected chi connectivity index (χ0v) is 14.2. The van der Waals surface area contributed by atoms with E-state index >= 15 is 0 Å². The SMILES string of the molecule is COc1ccc(S(=O)(=O)NCC(O)CC(C)C)cc1Br. The number of nitrogens with one attached hydrogen (secondary N) is 1. The molecule has 1 aromatic rings. The van der Waals surface area contributed by atoms with E-state index in [1.54, 1.807) is 6.07 Å². The summed E-state index contributed by atoms with van der Waals surface area (Å²) in [6.07, 6.45) is -0.138. The summed E-state index contributed by atoms with van der Waals surface area (Å²) in [7, 11) is -2.13. The Kier molecular flexibility index (Phi) is 6.44. The van der Waals surface area contributed by atoms with Gasteiger partial charge < -0.3 is 9.84 Å². The van der Waals surface area contributed by atoms with Crippen molar-refractivity contribution >= 4 is 26.0 Å². The molecule has 1 atom stereocenters. The van der Waals surface area contributed by atoms with Crippen LogP contribution in [0.1, 0.15) is 20.3 Å². The highest BCUT2D eigenvalue weighted by Gasteiger charge is 2.17. The van der Waals surface area contributed by atoms with E-state index in [4.69, 9.17) is 4.74 Å². The van der Waals surface area contributed by atoms with Gasteiger partial charge in [0.1, 0.15) is 5.75 Å². The predicted octanol–water partition coefficient (Wildman–Crippen LogP) is 2.14. The maximum absolute atomic E-state index is 12.1. The third kappa shape index (κ3) is 5.05. The first kappa shape index (κ1) is 17.4. The lowest BCUT2D eigenvalue weighted by atomic mass is 10.1. The molecule has 20 heavy (non-hydrogen) atoms. The van der Waals surface area contributed by atoms with Crippen LogP contribution in [0.3, 0.4) is 0 Å². The number of ether oxygens (including phenoxy) is 1. The molecule has 0 aliphatic heterocycles. The molecule has 0 aliphatic carbocycles. The number of hydrogen-bond acceptors (Lipinski definition) is 4. The van der Waals surface area contributed by atoms with Gasteiger partial charge in [0, 0.05) is 6.54 Å². The molecule has 1 rings (SSSR count). The number of benzene rings is 1. The van der Waals surface area contributed by atoms with Gasteiger partial charge in [-0.05, 0) is 46.5 Å². The van der Waals surface area contributed by atoms with E-state index in [2.05, 4.69) is 20.7 Å². The van der Waals surface area contributed by atoms with Gasteiger partial charge in [-0.2, -0.15) is 0 Å². The van der Waals surface area contributed by atoms with Crippen LogP contribution in [0.5, 0.6) is 5.75 Å². The van der Waals surface area contributed by atoms with E-state index in [1.807, 2.05) is 13.8 Å². The quantitative estimate of drug-likeness (QED) is 0.775. The van der Waals surface area contributed by atoms with Gasteiger partial charge in [-0.1, -0.05) is 13.8 Å². The molecular formula is C13H20BrNO4S. The number of aliphatic hydroxyl groups is 1. The van der Waals surface area contributed by atoms with Crippen LogP contribution < -0.4 is 9.46 Å². The lowest BCUT2D eigenvalue weighted by molar-refractivity contribution is 0.152. The molecule has 0 amide bonds. The summed E-state index contributed by atoms with van der Waals surface area (Å²) >= 11 is 3.25. The van der Waals surface area contributed by atoms with Crippen molar-refractivity contribution in [2.45, 2.75) is 31.3 Å². The zero-order chi connectivity index (χ0) is 15.3. The number of halogens is 1. The smallest absolute Gasteiger partial charge is 0.240 e. The van der Waals surface area contributed by atoms with E-state index in [0.717, 1.165) is 0 Å². The Balaban J connectivity index is 2.76. The second-order valence-electron chi connectivity index (χ2n) is 4.93. The van der Waals surface area contributed by atoms with Gasteiger partial charge in [-0.15, -0.1) is 0 Å². The standard InChI is InChI=1S/C13H20BrNO4S/c1-9(2)6-10(16)8-15-20(17,18)11-4-5-13(19-3)12(14)7-11/h4-5,7,9-10,15-16H,6,8H2,1-3H3. The first-order valence-electron chi connectivity index (χ1n) is 6.27. The molecule has 114 valence electrons. The normalized spacial score (nSPS) is 13.5. The minimum Gasteiger partial charge on any atom is -0.496 e. The summed E-state index contributed by atoms with van der Waals surface area (Å²) in [6.45, 7) is 3.95. The molecule has 0 fully saturated rings. The Morgan fingerprint density at radius 3 is 2.55 bits per heavy atom. The second-order valence-corrected chi connectivity index (χ2v) is 7.55. The predicted molar refractivity (Wildman–Crippen MR) is 81.3 cm³/mol. The monoisotopic (exact) mass is 365 g/mol. The van der Waals surface area contributed by atoms with Crippen molar-refractivity contribution in [1.82, 2.24) is 4.72 Å². The van der Waals surface area contributed by atoms with Crippen LogP contribution in [0, 0.1) is 5.92 Å². The molecule has 0 bridgehead atoms. The topological polar surface area (TPSA) is 75.6 Å². The first-order chi connectivity index (χ1) is 9.26. The minimum atomic E-state index is -3.63. The fourth-order valence-electron chi connectivity index (χ4n) is 1.73. The zero-order valence-electron chi connectivity index (χ0n) is 11.8. The van der Waals surface area contributed by atoms with Gasteiger partial charge >= 0.3 is 0 Å². The van der Waals surface area contributed by atoms with Crippen LogP contribution >= 0.6 is 15.9 Å².